The Bertz CT molecular complexity index is 621. The number of carbonyl (C=O) groups excluding carboxylic acids is 2. The first kappa shape index (κ1) is 13.6. The van der Waals surface area contributed by atoms with Gasteiger partial charge in [0, 0.05) is 5.56 Å². The van der Waals surface area contributed by atoms with Crippen molar-refractivity contribution >= 4 is 12.6 Å². The summed E-state index contributed by atoms with van der Waals surface area (Å²) in [6.45, 7) is 0. The summed E-state index contributed by atoms with van der Waals surface area (Å²) < 4.78 is 5.10. The van der Waals surface area contributed by atoms with Gasteiger partial charge < -0.3 is 4.74 Å². The van der Waals surface area contributed by atoms with Crippen LogP contribution < -0.4 is 14.5 Å². The number of methoxy groups -OCH3 is 1. The zero-order chi connectivity index (χ0) is 14.4. The maximum atomic E-state index is 10.8. The van der Waals surface area contributed by atoms with Gasteiger partial charge in [-0.15, -0.1) is 0 Å². The van der Waals surface area contributed by atoms with Crippen LogP contribution in [0.3, 0.4) is 0 Å². The van der Waals surface area contributed by atoms with E-state index in [2.05, 4.69) is 0 Å². The summed E-state index contributed by atoms with van der Waals surface area (Å²) in [6.07, 6.45) is 1.38. The first-order chi connectivity index (χ1) is 9.78. The summed E-state index contributed by atoms with van der Waals surface area (Å²) >= 11 is 0. The quantitative estimate of drug-likeness (QED) is 0.459. The average Bonchev–Trinajstić information content (AvgIpc) is 2.52. The highest BCUT2D eigenvalue weighted by Crippen LogP contribution is 2.28. The van der Waals surface area contributed by atoms with Crippen LogP contribution in [0, 0.1) is 0 Å². The molecule has 0 aliphatic rings. The minimum absolute atomic E-state index is 0.295. The number of carbonyl (C=O) groups is 2. The minimum atomic E-state index is 0.295. The van der Waals surface area contributed by atoms with Crippen molar-refractivity contribution in [2.24, 2.45) is 0 Å². The molecule has 0 saturated carbocycles. The molecule has 0 aromatic heterocycles. The van der Waals surface area contributed by atoms with Crippen molar-refractivity contribution in [3.05, 3.63) is 53.6 Å². The van der Waals surface area contributed by atoms with E-state index in [1.54, 1.807) is 36.4 Å². The Morgan fingerprint density at radius 1 is 0.850 bits per heavy atom. The van der Waals surface area contributed by atoms with E-state index >= 15 is 0 Å². The third kappa shape index (κ3) is 2.95. The zero-order valence-electron chi connectivity index (χ0n) is 10.7. The number of para-hydroxylation sites is 1. The first-order valence-corrected chi connectivity index (χ1v) is 5.80. The number of hydrogen-bond donors (Lipinski definition) is 0. The number of benzene rings is 2. The third-order valence-corrected chi connectivity index (χ3v) is 2.59. The van der Waals surface area contributed by atoms with E-state index in [1.807, 2.05) is 0 Å². The Morgan fingerprint density at radius 3 is 2.30 bits per heavy atom. The smallest absolute Gasteiger partial charge is 0.220 e. The standard InChI is InChI=1S/C15H12O5/c1-18-15-8-11(9-16)6-7-14(15)20-19-13-5-3-2-4-12(13)10-17/h2-10H,1H3. The van der Waals surface area contributed by atoms with Gasteiger partial charge in [-0.1, -0.05) is 12.1 Å². The maximum Gasteiger partial charge on any atom is 0.220 e. The largest absolute Gasteiger partial charge is 0.493 e. The Labute approximate surface area is 115 Å². The summed E-state index contributed by atoms with van der Waals surface area (Å²) in [4.78, 5) is 31.8. The van der Waals surface area contributed by atoms with Crippen LogP contribution in [0.1, 0.15) is 20.7 Å². The molecule has 2 aromatic rings. The highest BCUT2D eigenvalue weighted by molar-refractivity contribution is 5.79. The molecular formula is C15H12O5. The molecule has 5 nitrogen and oxygen atoms in total. The van der Waals surface area contributed by atoms with Crippen LogP contribution in [0.2, 0.25) is 0 Å². The van der Waals surface area contributed by atoms with Gasteiger partial charge in [0.1, 0.15) is 6.29 Å². The van der Waals surface area contributed by atoms with Crippen molar-refractivity contribution in [1.29, 1.82) is 0 Å². The molecule has 0 atom stereocenters. The molecular weight excluding hydrogens is 260 g/mol. The number of rotatable bonds is 6. The number of ether oxygens (including phenoxy) is 1. The van der Waals surface area contributed by atoms with Crippen molar-refractivity contribution in [3.63, 3.8) is 0 Å². The molecule has 0 heterocycles. The second kappa shape index (κ2) is 6.38. The van der Waals surface area contributed by atoms with E-state index < -0.39 is 0 Å². The molecule has 5 heteroatoms. The van der Waals surface area contributed by atoms with Crippen LogP contribution in [0.4, 0.5) is 0 Å². The maximum absolute atomic E-state index is 10.8. The van der Waals surface area contributed by atoms with E-state index in [1.165, 1.54) is 13.2 Å². The molecule has 0 aliphatic carbocycles. The molecule has 0 saturated heterocycles. The zero-order valence-corrected chi connectivity index (χ0v) is 10.7. The molecule has 0 aliphatic heterocycles. The third-order valence-electron chi connectivity index (χ3n) is 2.59. The van der Waals surface area contributed by atoms with E-state index in [-0.39, 0.29) is 0 Å². The number of aldehydes is 2. The van der Waals surface area contributed by atoms with Crippen LogP contribution in [0.25, 0.3) is 0 Å². The van der Waals surface area contributed by atoms with Crippen molar-refractivity contribution in [2.75, 3.05) is 7.11 Å². The van der Waals surface area contributed by atoms with Crippen molar-refractivity contribution in [3.8, 4) is 17.2 Å². The predicted octanol–water partition coefficient (Wildman–Crippen LogP) is 2.69. The summed E-state index contributed by atoms with van der Waals surface area (Å²) in [5.41, 5.74) is 0.832. The van der Waals surface area contributed by atoms with Crippen LogP contribution in [-0.4, -0.2) is 19.7 Å². The van der Waals surface area contributed by atoms with Gasteiger partial charge >= 0.3 is 0 Å². The van der Waals surface area contributed by atoms with E-state index in [4.69, 9.17) is 14.5 Å². The van der Waals surface area contributed by atoms with Gasteiger partial charge in [-0.2, -0.15) is 0 Å². The topological polar surface area (TPSA) is 61.8 Å². The monoisotopic (exact) mass is 272 g/mol. The van der Waals surface area contributed by atoms with Crippen molar-refractivity contribution in [2.45, 2.75) is 0 Å². The molecule has 102 valence electrons. The van der Waals surface area contributed by atoms with Gasteiger partial charge in [-0.3, -0.25) is 19.4 Å². The van der Waals surface area contributed by atoms with Gasteiger partial charge in [0.05, 0.1) is 12.7 Å². The molecule has 0 fully saturated rings. The molecule has 0 amide bonds. The lowest BCUT2D eigenvalue weighted by Crippen LogP contribution is -2.04. The lowest BCUT2D eigenvalue weighted by molar-refractivity contribution is -0.102. The van der Waals surface area contributed by atoms with Crippen LogP contribution >= 0.6 is 0 Å². The van der Waals surface area contributed by atoms with E-state index in [0.29, 0.717) is 40.9 Å². The Kier molecular flexibility index (Phi) is 4.34. The van der Waals surface area contributed by atoms with Crippen LogP contribution in [-0.2, 0) is 0 Å². The molecule has 2 aromatic carbocycles. The highest BCUT2D eigenvalue weighted by atomic mass is 17.2. The Hall–Kier alpha value is -2.82. The van der Waals surface area contributed by atoms with Gasteiger partial charge in [0.25, 0.3) is 0 Å². The van der Waals surface area contributed by atoms with E-state index in [0.717, 1.165) is 0 Å². The van der Waals surface area contributed by atoms with Gasteiger partial charge in [0.15, 0.2) is 17.8 Å². The van der Waals surface area contributed by atoms with Crippen LogP contribution in [0.5, 0.6) is 17.2 Å². The summed E-state index contributed by atoms with van der Waals surface area (Å²) in [6, 6.07) is 11.3. The fraction of sp³-hybridized carbons (Fsp3) is 0.0667. The minimum Gasteiger partial charge on any atom is -0.493 e. The van der Waals surface area contributed by atoms with Crippen LogP contribution in [0.15, 0.2) is 42.5 Å². The molecule has 20 heavy (non-hydrogen) atoms. The molecule has 0 spiro atoms. The molecule has 0 radical (unpaired) electrons. The van der Waals surface area contributed by atoms with Gasteiger partial charge in [-0.25, -0.2) is 0 Å². The Morgan fingerprint density at radius 2 is 1.60 bits per heavy atom. The average molecular weight is 272 g/mol. The molecule has 0 N–H and O–H groups in total. The van der Waals surface area contributed by atoms with Crippen molar-refractivity contribution in [1.82, 2.24) is 0 Å². The Balaban J connectivity index is 2.18. The first-order valence-electron chi connectivity index (χ1n) is 5.80. The lowest BCUT2D eigenvalue weighted by atomic mass is 10.2. The summed E-state index contributed by atoms with van der Waals surface area (Å²) in [7, 11) is 1.45. The fourth-order valence-corrected chi connectivity index (χ4v) is 1.57. The fourth-order valence-electron chi connectivity index (χ4n) is 1.57. The molecule has 0 unspecified atom stereocenters. The normalized spacial score (nSPS) is 9.65. The summed E-state index contributed by atoms with van der Waals surface area (Å²) in [5.74, 6) is 0.959. The number of hydrogen-bond acceptors (Lipinski definition) is 5. The lowest BCUT2D eigenvalue weighted by Gasteiger charge is -2.10. The van der Waals surface area contributed by atoms with E-state index in [9.17, 15) is 9.59 Å². The van der Waals surface area contributed by atoms with Crippen molar-refractivity contribution < 1.29 is 24.1 Å². The second-order valence-corrected chi connectivity index (χ2v) is 3.85. The molecule has 0 bridgehead atoms. The van der Waals surface area contributed by atoms with Gasteiger partial charge in [0.2, 0.25) is 5.75 Å². The highest BCUT2D eigenvalue weighted by Gasteiger charge is 2.09. The molecule has 2 rings (SSSR count). The predicted molar refractivity (Wildman–Crippen MR) is 71.5 cm³/mol. The van der Waals surface area contributed by atoms with Gasteiger partial charge in [-0.05, 0) is 30.3 Å². The SMILES string of the molecule is COc1cc(C=O)ccc1OOc1ccccc1C=O. The second-order valence-electron chi connectivity index (χ2n) is 3.85. The summed E-state index contributed by atoms with van der Waals surface area (Å²) in [5, 5.41) is 0.